The lowest BCUT2D eigenvalue weighted by molar-refractivity contribution is 1.08. The molecule has 10 rings (SSSR count). The second kappa shape index (κ2) is 14.0. The maximum absolute atomic E-state index is 5.06. The Morgan fingerprint density at radius 1 is 0.309 bits per heavy atom. The minimum absolute atomic E-state index is 0.652. The van der Waals surface area contributed by atoms with Gasteiger partial charge in [-0.15, -0.1) is 11.3 Å². The molecule has 0 N–H and O–H groups in total. The molecule has 55 heavy (non-hydrogen) atoms. The quantitative estimate of drug-likeness (QED) is 0.164. The Hall–Kier alpha value is -7.15. The van der Waals surface area contributed by atoms with E-state index in [1.54, 1.807) is 11.3 Å². The highest BCUT2D eigenvalue weighted by atomic mass is 32.1. The maximum atomic E-state index is 5.06. The molecule has 0 aliphatic rings. The smallest absolute Gasteiger partial charge is 0.165 e. The summed E-state index contributed by atoms with van der Waals surface area (Å²) in [5.74, 6) is 2.67. The second-order valence-electron chi connectivity index (χ2n) is 13.3. The van der Waals surface area contributed by atoms with Crippen LogP contribution in [0.15, 0.2) is 188 Å². The van der Waals surface area contributed by atoms with E-state index >= 15 is 0 Å². The number of fused-ring (bicyclic) bond motifs is 3. The topological polar surface area (TPSA) is 64.5 Å². The number of aromatic nitrogens is 5. The van der Waals surface area contributed by atoms with Crippen LogP contribution >= 0.6 is 11.3 Å². The van der Waals surface area contributed by atoms with Crippen LogP contribution in [0.3, 0.4) is 0 Å². The van der Waals surface area contributed by atoms with Crippen LogP contribution < -0.4 is 0 Å². The molecule has 0 saturated carbocycles. The molecule has 0 bridgehead atoms. The molecule has 5 nitrogen and oxygen atoms in total. The van der Waals surface area contributed by atoms with Gasteiger partial charge in [0.05, 0.1) is 11.4 Å². The van der Waals surface area contributed by atoms with Crippen LogP contribution in [0.4, 0.5) is 0 Å². The summed E-state index contributed by atoms with van der Waals surface area (Å²) in [4.78, 5) is 25.1. The minimum atomic E-state index is 0.652. The minimum Gasteiger partial charge on any atom is -0.228 e. The fourth-order valence-electron chi connectivity index (χ4n) is 7.08. The number of benzene rings is 7. The molecule has 3 heterocycles. The van der Waals surface area contributed by atoms with Crippen LogP contribution in [0.25, 0.3) is 99.4 Å². The zero-order chi connectivity index (χ0) is 36.6. The number of nitrogens with zero attached hydrogens (tertiary/aromatic N) is 5. The molecule has 3 aromatic heterocycles. The van der Waals surface area contributed by atoms with E-state index in [0.717, 1.165) is 55.0 Å². The second-order valence-corrected chi connectivity index (χ2v) is 14.3. The van der Waals surface area contributed by atoms with E-state index < -0.39 is 0 Å². The van der Waals surface area contributed by atoms with Gasteiger partial charge in [-0.2, -0.15) is 0 Å². The Bertz CT molecular complexity index is 2830. The van der Waals surface area contributed by atoms with Crippen molar-refractivity contribution < 1.29 is 0 Å². The van der Waals surface area contributed by atoms with Crippen molar-refractivity contribution in [2.45, 2.75) is 0 Å². The lowest BCUT2D eigenvalue weighted by atomic mass is 9.97. The highest BCUT2D eigenvalue weighted by Gasteiger charge is 2.19. The Labute approximate surface area is 322 Å². The molecular weight excluding hydrogens is 691 g/mol. The van der Waals surface area contributed by atoms with E-state index in [0.29, 0.717) is 23.3 Å². The summed E-state index contributed by atoms with van der Waals surface area (Å²) in [7, 11) is 0. The van der Waals surface area contributed by atoms with E-state index in [4.69, 9.17) is 24.9 Å². The molecule has 0 spiro atoms. The van der Waals surface area contributed by atoms with Gasteiger partial charge < -0.3 is 0 Å². The van der Waals surface area contributed by atoms with Gasteiger partial charge in [0.15, 0.2) is 23.3 Å². The highest BCUT2D eigenvalue weighted by molar-refractivity contribution is 7.26. The zero-order valence-electron chi connectivity index (χ0n) is 29.5. The molecule has 0 saturated heterocycles. The Balaban J connectivity index is 1.08. The van der Waals surface area contributed by atoms with E-state index in [1.807, 2.05) is 97.1 Å². The van der Waals surface area contributed by atoms with Crippen LogP contribution in [0.1, 0.15) is 0 Å². The van der Waals surface area contributed by atoms with Crippen molar-refractivity contribution in [3.63, 3.8) is 0 Å². The normalized spacial score (nSPS) is 11.3. The van der Waals surface area contributed by atoms with E-state index in [1.165, 1.54) is 21.0 Å². The van der Waals surface area contributed by atoms with E-state index in [2.05, 4.69) is 91.0 Å². The van der Waals surface area contributed by atoms with Gasteiger partial charge in [-0.05, 0) is 29.3 Å². The Kier molecular flexibility index (Phi) is 8.28. The predicted molar refractivity (Wildman–Crippen MR) is 226 cm³/mol. The van der Waals surface area contributed by atoms with Gasteiger partial charge in [-0.3, -0.25) is 0 Å². The summed E-state index contributed by atoms with van der Waals surface area (Å²) in [5.41, 5.74) is 10.0. The average molecular weight is 722 g/mol. The molecule has 0 unspecified atom stereocenters. The first-order valence-electron chi connectivity index (χ1n) is 18.2. The van der Waals surface area contributed by atoms with E-state index in [-0.39, 0.29) is 0 Å². The van der Waals surface area contributed by atoms with Gasteiger partial charge in [-0.1, -0.05) is 170 Å². The third-order valence-corrected chi connectivity index (χ3v) is 11.0. The van der Waals surface area contributed by atoms with Crippen molar-refractivity contribution in [3.8, 4) is 79.2 Å². The van der Waals surface area contributed by atoms with Crippen LogP contribution in [-0.2, 0) is 0 Å². The molecule has 258 valence electrons. The first-order chi connectivity index (χ1) is 27.2. The molecule has 0 fully saturated rings. The first kappa shape index (κ1) is 32.5. The van der Waals surface area contributed by atoms with Gasteiger partial charge in [0.1, 0.15) is 0 Å². The summed E-state index contributed by atoms with van der Waals surface area (Å²) < 4.78 is 2.36. The molecule has 6 heteroatoms. The summed E-state index contributed by atoms with van der Waals surface area (Å²) in [6, 6.07) is 64.5. The fraction of sp³-hybridized carbons (Fsp3) is 0. The van der Waals surface area contributed by atoms with Crippen molar-refractivity contribution in [2.75, 3.05) is 0 Å². The Morgan fingerprint density at radius 2 is 0.745 bits per heavy atom. The highest BCUT2D eigenvalue weighted by Crippen LogP contribution is 2.44. The molecule has 0 aliphatic heterocycles. The average Bonchev–Trinajstić information content (AvgIpc) is 3.67. The number of hydrogen-bond donors (Lipinski definition) is 0. The first-order valence-corrected chi connectivity index (χ1v) is 19.0. The maximum Gasteiger partial charge on any atom is 0.165 e. The van der Waals surface area contributed by atoms with Gasteiger partial charge in [-0.25, -0.2) is 24.9 Å². The van der Waals surface area contributed by atoms with Crippen molar-refractivity contribution in [2.24, 2.45) is 0 Å². The lowest BCUT2D eigenvalue weighted by Gasteiger charge is -2.11. The third-order valence-electron chi connectivity index (χ3n) is 9.78. The monoisotopic (exact) mass is 721 g/mol. The summed E-state index contributed by atoms with van der Waals surface area (Å²) in [6.07, 6.45) is 0. The van der Waals surface area contributed by atoms with Crippen molar-refractivity contribution in [1.29, 1.82) is 0 Å². The molecule has 0 aliphatic carbocycles. The van der Waals surface area contributed by atoms with Gasteiger partial charge in [0.25, 0.3) is 0 Å². The van der Waals surface area contributed by atoms with Crippen molar-refractivity contribution in [3.05, 3.63) is 188 Å². The molecule has 0 radical (unpaired) electrons. The fourth-order valence-corrected chi connectivity index (χ4v) is 8.32. The van der Waals surface area contributed by atoms with Crippen molar-refractivity contribution in [1.82, 2.24) is 24.9 Å². The molecule has 10 aromatic rings. The van der Waals surface area contributed by atoms with Gasteiger partial charge >= 0.3 is 0 Å². The largest absolute Gasteiger partial charge is 0.228 e. The standard InChI is InChI=1S/C49H31N5S/c1-5-15-33(16-6-1)41-31-42(51-46(50-41)35-17-7-2-8-18-35)34-29-27-32(28-30-34)38-23-14-26-43-44(38)39-24-13-25-40(45(39)55-43)49-53-47(36-19-9-3-10-20-36)52-48(54-49)37-21-11-4-12-22-37/h1-31H. The Morgan fingerprint density at radius 3 is 1.31 bits per heavy atom. The summed E-state index contributed by atoms with van der Waals surface area (Å²) in [6.45, 7) is 0. The SMILES string of the molecule is c1ccc(-c2cc(-c3ccc(-c4cccc5sc6c(-c7nc(-c8ccccc8)nc(-c8ccccc8)n7)cccc6c45)cc3)nc(-c3ccccc3)n2)cc1. The molecule has 0 atom stereocenters. The molecule has 0 amide bonds. The van der Waals surface area contributed by atoms with Crippen LogP contribution in [0, 0.1) is 0 Å². The number of thiophene rings is 1. The van der Waals surface area contributed by atoms with Gasteiger partial charge in [0.2, 0.25) is 0 Å². The zero-order valence-corrected chi connectivity index (χ0v) is 30.4. The molecular formula is C49H31N5S. The lowest BCUT2D eigenvalue weighted by Crippen LogP contribution is -2.00. The number of hydrogen-bond acceptors (Lipinski definition) is 6. The third kappa shape index (κ3) is 6.24. The predicted octanol–water partition coefficient (Wildman–Crippen LogP) is 12.7. The van der Waals surface area contributed by atoms with E-state index in [9.17, 15) is 0 Å². The molecule has 7 aromatic carbocycles. The van der Waals surface area contributed by atoms with Crippen LogP contribution in [-0.4, -0.2) is 24.9 Å². The van der Waals surface area contributed by atoms with Gasteiger partial charge in [0, 0.05) is 53.6 Å². The van der Waals surface area contributed by atoms with Crippen LogP contribution in [0.2, 0.25) is 0 Å². The van der Waals surface area contributed by atoms with Crippen molar-refractivity contribution >= 4 is 31.5 Å². The summed E-state index contributed by atoms with van der Waals surface area (Å²) >= 11 is 1.78. The number of rotatable bonds is 7. The summed E-state index contributed by atoms with van der Waals surface area (Å²) in [5, 5.41) is 2.40. The van der Waals surface area contributed by atoms with Crippen LogP contribution in [0.5, 0.6) is 0 Å².